The average molecular weight is 417 g/mol. The molecule has 4 nitrogen and oxygen atoms in total. The van der Waals surface area contributed by atoms with Crippen molar-refractivity contribution in [2.24, 2.45) is 0 Å². The molecule has 2 aromatic rings. The molecule has 0 saturated carbocycles. The molecule has 2 aliphatic rings. The van der Waals surface area contributed by atoms with Crippen molar-refractivity contribution < 1.29 is 27.4 Å². The summed E-state index contributed by atoms with van der Waals surface area (Å²) in [6.07, 6.45) is -2.72. The van der Waals surface area contributed by atoms with E-state index in [1.165, 1.54) is 11.6 Å². The molecule has 158 valence electrons. The summed E-state index contributed by atoms with van der Waals surface area (Å²) < 4.78 is 49.8. The lowest BCUT2D eigenvalue weighted by atomic mass is 9.89. The van der Waals surface area contributed by atoms with Gasteiger partial charge in [-0.05, 0) is 36.1 Å². The van der Waals surface area contributed by atoms with Gasteiger partial charge in [-0.25, -0.2) is 4.79 Å². The predicted octanol–water partition coefficient (Wildman–Crippen LogP) is 5.67. The van der Waals surface area contributed by atoms with Gasteiger partial charge in [0, 0.05) is 25.1 Å². The van der Waals surface area contributed by atoms with Gasteiger partial charge in [0.05, 0.1) is 12.2 Å². The molecule has 2 heterocycles. The van der Waals surface area contributed by atoms with Crippen molar-refractivity contribution in [3.8, 4) is 5.75 Å². The Hall–Kier alpha value is -2.96. The quantitative estimate of drug-likeness (QED) is 0.632. The van der Waals surface area contributed by atoms with E-state index in [0.29, 0.717) is 39.0 Å². The molecular formula is C23H22F3NO3. The second kappa shape index (κ2) is 8.42. The summed E-state index contributed by atoms with van der Waals surface area (Å²) in [6, 6.07) is 13.2. The van der Waals surface area contributed by atoms with E-state index in [1.54, 1.807) is 4.90 Å². The SMILES string of the molecule is O=C(OCc1ccccc1)N1CCC(=C2CCOc3cc(C(F)(F)F)ccc32)CC1. The summed E-state index contributed by atoms with van der Waals surface area (Å²) in [5.41, 5.74) is 3.17. The molecule has 0 spiro atoms. The second-order valence-corrected chi connectivity index (χ2v) is 7.42. The number of amides is 1. The van der Waals surface area contributed by atoms with E-state index in [0.717, 1.165) is 28.8 Å². The molecule has 2 aliphatic heterocycles. The van der Waals surface area contributed by atoms with Crippen LogP contribution >= 0.6 is 0 Å². The highest BCUT2D eigenvalue weighted by Gasteiger charge is 2.32. The van der Waals surface area contributed by atoms with Crippen LogP contribution in [0.25, 0.3) is 5.57 Å². The van der Waals surface area contributed by atoms with Crippen molar-refractivity contribution in [3.63, 3.8) is 0 Å². The minimum Gasteiger partial charge on any atom is -0.493 e. The molecule has 0 bridgehead atoms. The van der Waals surface area contributed by atoms with Gasteiger partial charge in [-0.3, -0.25) is 0 Å². The fraction of sp³-hybridized carbons (Fsp3) is 0.348. The summed E-state index contributed by atoms with van der Waals surface area (Å²) in [6.45, 7) is 1.65. The number of hydrogen-bond donors (Lipinski definition) is 0. The third kappa shape index (κ3) is 4.45. The van der Waals surface area contributed by atoms with Crippen LogP contribution in [0.3, 0.4) is 0 Å². The molecule has 1 amide bonds. The highest BCUT2D eigenvalue weighted by Crippen LogP contribution is 2.41. The lowest BCUT2D eigenvalue weighted by molar-refractivity contribution is -0.137. The van der Waals surface area contributed by atoms with Crippen molar-refractivity contribution >= 4 is 11.7 Å². The Morgan fingerprint density at radius 3 is 2.47 bits per heavy atom. The van der Waals surface area contributed by atoms with Gasteiger partial charge in [0.2, 0.25) is 0 Å². The number of fused-ring (bicyclic) bond motifs is 1. The predicted molar refractivity (Wildman–Crippen MR) is 106 cm³/mol. The fourth-order valence-corrected chi connectivity index (χ4v) is 3.90. The number of hydrogen-bond acceptors (Lipinski definition) is 3. The number of ether oxygens (including phenoxy) is 2. The van der Waals surface area contributed by atoms with Gasteiger partial charge in [0.25, 0.3) is 0 Å². The number of rotatable bonds is 2. The number of likely N-dealkylation sites (tertiary alicyclic amines) is 1. The topological polar surface area (TPSA) is 38.8 Å². The molecular weight excluding hydrogens is 395 g/mol. The maximum atomic E-state index is 13.0. The molecule has 0 N–H and O–H groups in total. The molecule has 0 unspecified atom stereocenters. The molecule has 2 aromatic carbocycles. The molecule has 0 radical (unpaired) electrons. The van der Waals surface area contributed by atoms with Crippen LogP contribution in [0.15, 0.2) is 54.1 Å². The molecule has 0 aliphatic carbocycles. The van der Waals surface area contributed by atoms with Crippen LogP contribution in [0.5, 0.6) is 5.75 Å². The van der Waals surface area contributed by atoms with Crippen LogP contribution in [-0.4, -0.2) is 30.7 Å². The zero-order valence-electron chi connectivity index (χ0n) is 16.4. The maximum Gasteiger partial charge on any atom is 0.416 e. The monoisotopic (exact) mass is 417 g/mol. The van der Waals surface area contributed by atoms with Crippen molar-refractivity contribution in [1.29, 1.82) is 0 Å². The van der Waals surface area contributed by atoms with E-state index in [4.69, 9.17) is 9.47 Å². The summed E-state index contributed by atoms with van der Waals surface area (Å²) in [5.74, 6) is 0.281. The molecule has 30 heavy (non-hydrogen) atoms. The van der Waals surface area contributed by atoms with E-state index in [1.807, 2.05) is 30.3 Å². The third-order valence-corrected chi connectivity index (χ3v) is 5.50. The maximum absolute atomic E-state index is 13.0. The fourth-order valence-electron chi connectivity index (χ4n) is 3.90. The van der Waals surface area contributed by atoms with E-state index in [-0.39, 0.29) is 18.4 Å². The first-order valence-electron chi connectivity index (χ1n) is 9.93. The van der Waals surface area contributed by atoms with E-state index >= 15 is 0 Å². The summed E-state index contributed by atoms with van der Waals surface area (Å²) in [7, 11) is 0. The first-order chi connectivity index (χ1) is 14.4. The van der Waals surface area contributed by atoms with Gasteiger partial charge in [-0.1, -0.05) is 42.0 Å². The number of alkyl halides is 3. The van der Waals surface area contributed by atoms with Gasteiger partial charge in [0.15, 0.2) is 0 Å². The van der Waals surface area contributed by atoms with Crippen LogP contribution in [-0.2, 0) is 17.5 Å². The molecule has 4 rings (SSSR count). The first-order valence-corrected chi connectivity index (χ1v) is 9.93. The Morgan fingerprint density at radius 2 is 1.77 bits per heavy atom. The van der Waals surface area contributed by atoms with Gasteiger partial charge >= 0.3 is 12.3 Å². The van der Waals surface area contributed by atoms with Gasteiger partial charge in [-0.15, -0.1) is 0 Å². The summed E-state index contributed by atoms with van der Waals surface area (Å²) in [5, 5.41) is 0. The normalized spacial score (nSPS) is 16.7. The van der Waals surface area contributed by atoms with E-state index in [2.05, 4.69) is 0 Å². The minimum atomic E-state index is -4.39. The Kier molecular flexibility index (Phi) is 5.70. The van der Waals surface area contributed by atoms with Crippen LogP contribution in [0.4, 0.5) is 18.0 Å². The van der Waals surface area contributed by atoms with Crippen molar-refractivity contribution in [1.82, 2.24) is 4.90 Å². The number of halogens is 3. The lowest BCUT2D eigenvalue weighted by Crippen LogP contribution is -2.37. The second-order valence-electron chi connectivity index (χ2n) is 7.42. The molecule has 0 aromatic heterocycles. The minimum absolute atomic E-state index is 0.233. The zero-order valence-corrected chi connectivity index (χ0v) is 16.4. The molecule has 0 atom stereocenters. The van der Waals surface area contributed by atoms with Crippen LogP contribution < -0.4 is 4.74 Å². The Bertz CT molecular complexity index is 944. The standard InChI is InChI=1S/C23H22F3NO3/c24-23(25,26)18-6-7-20-19(10-13-29-21(20)14-18)17-8-11-27(12-9-17)22(28)30-15-16-4-2-1-3-5-16/h1-7,14H,8-13,15H2. The first kappa shape index (κ1) is 20.3. The smallest absolute Gasteiger partial charge is 0.416 e. The van der Waals surface area contributed by atoms with Crippen LogP contribution in [0, 0.1) is 0 Å². The van der Waals surface area contributed by atoms with Gasteiger partial charge in [-0.2, -0.15) is 13.2 Å². The Balaban J connectivity index is 1.42. The van der Waals surface area contributed by atoms with Crippen molar-refractivity contribution in [3.05, 3.63) is 70.8 Å². The van der Waals surface area contributed by atoms with Gasteiger partial charge in [0.1, 0.15) is 12.4 Å². The Labute approximate surface area is 172 Å². The van der Waals surface area contributed by atoms with Crippen molar-refractivity contribution in [2.45, 2.75) is 32.0 Å². The molecule has 1 fully saturated rings. The van der Waals surface area contributed by atoms with Crippen LogP contribution in [0.2, 0.25) is 0 Å². The van der Waals surface area contributed by atoms with E-state index < -0.39 is 11.7 Å². The van der Waals surface area contributed by atoms with Crippen LogP contribution in [0.1, 0.15) is 36.0 Å². The number of carbonyl (C=O) groups is 1. The van der Waals surface area contributed by atoms with E-state index in [9.17, 15) is 18.0 Å². The van der Waals surface area contributed by atoms with Crippen molar-refractivity contribution in [2.75, 3.05) is 19.7 Å². The average Bonchev–Trinajstić information content (AvgIpc) is 2.77. The largest absolute Gasteiger partial charge is 0.493 e. The highest BCUT2D eigenvalue weighted by molar-refractivity contribution is 5.75. The van der Waals surface area contributed by atoms with Gasteiger partial charge < -0.3 is 14.4 Å². The number of benzene rings is 2. The zero-order chi connectivity index (χ0) is 21.1. The number of nitrogens with zero attached hydrogens (tertiary/aromatic N) is 1. The number of carbonyl (C=O) groups excluding carboxylic acids is 1. The highest BCUT2D eigenvalue weighted by atomic mass is 19.4. The Morgan fingerprint density at radius 1 is 1.03 bits per heavy atom. The summed E-state index contributed by atoms with van der Waals surface area (Å²) in [4.78, 5) is 14.0. The molecule has 7 heteroatoms. The molecule has 1 saturated heterocycles. The lowest BCUT2D eigenvalue weighted by Gasteiger charge is -2.31. The summed E-state index contributed by atoms with van der Waals surface area (Å²) >= 11 is 0. The number of piperidine rings is 1. The third-order valence-electron chi connectivity index (χ3n) is 5.50.